The molecule has 0 bridgehead atoms. The number of hydrogen-bond acceptors (Lipinski definition) is 8. The molecule has 16 heteroatoms. The molecule has 2 saturated heterocycles. The van der Waals surface area contributed by atoms with Gasteiger partial charge >= 0.3 is 12.2 Å². The number of imidazole rings is 2. The van der Waals surface area contributed by atoms with E-state index in [0.29, 0.717) is 46.2 Å². The van der Waals surface area contributed by atoms with Gasteiger partial charge in [0.1, 0.15) is 23.7 Å². The second-order valence-corrected chi connectivity index (χ2v) is 17.6. The summed E-state index contributed by atoms with van der Waals surface area (Å²) in [5.41, 5.74) is 4.93. The number of carbonyl (C=O) groups excluding carboxylic acids is 4. The molecule has 2 aromatic carbocycles. The maximum atomic E-state index is 14.0. The number of aromatic amines is 2. The van der Waals surface area contributed by atoms with Gasteiger partial charge in [-0.05, 0) is 61.5 Å². The molecule has 4 heterocycles. The van der Waals surface area contributed by atoms with Crippen LogP contribution in [0.15, 0.2) is 48.5 Å². The summed E-state index contributed by atoms with van der Waals surface area (Å²) in [6, 6.07) is 13.5. The number of nitrogens with one attached hydrogen (secondary N) is 4. The highest BCUT2D eigenvalue weighted by Crippen LogP contribution is 2.43. The molecule has 0 aliphatic carbocycles. The number of likely N-dealkylation sites (tertiary alicyclic amines) is 2. The van der Waals surface area contributed by atoms with E-state index in [0.717, 1.165) is 22.3 Å². The maximum Gasteiger partial charge on any atom is 0.407 e. The highest BCUT2D eigenvalue weighted by molar-refractivity contribution is 6.32. The zero-order chi connectivity index (χ0) is 43.7. The molecule has 14 nitrogen and oxygen atoms in total. The van der Waals surface area contributed by atoms with E-state index in [1.54, 1.807) is 0 Å². The lowest BCUT2D eigenvalue weighted by molar-refractivity contribution is -0.138. The van der Waals surface area contributed by atoms with Crippen molar-refractivity contribution in [1.82, 2.24) is 40.4 Å². The van der Waals surface area contributed by atoms with Crippen molar-refractivity contribution >= 4 is 47.2 Å². The Bertz CT molecular complexity index is 2030. The molecule has 322 valence electrons. The Labute approximate surface area is 361 Å². The van der Waals surface area contributed by atoms with E-state index < -0.39 is 24.3 Å². The minimum atomic E-state index is -0.761. The van der Waals surface area contributed by atoms with Gasteiger partial charge in [-0.2, -0.15) is 0 Å². The number of aromatic nitrogens is 4. The minimum absolute atomic E-state index is 0.0886. The molecule has 6 rings (SSSR count). The van der Waals surface area contributed by atoms with Crippen LogP contribution in [0.4, 0.5) is 9.59 Å². The number of amides is 4. The van der Waals surface area contributed by atoms with Crippen molar-refractivity contribution in [2.24, 2.45) is 23.7 Å². The van der Waals surface area contributed by atoms with Crippen molar-refractivity contribution in [3.8, 4) is 33.6 Å². The van der Waals surface area contributed by atoms with E-state index in [2.05, 4.69) is 34.4 Å². The number of halogens is 2. The van der Waals surface area contributed by atoms with Crippen LogP contribution < -0.4 is 10.6 Å². The molecule has 60 heavy (non-hydrogen) atoms. The molecule has 2 fully saturated rings. The summed E-state index contributed by atoms with van der Waals surface area (Å²) in [5, 5.41) is 6.03. The van der Waals surface area contributed by atoms with Crippen LogP contribution in [0.5, 0.6) is 0 Å². The Balaban J connectivity index is 1.19. The number of benzene rings is 2. The van der Waals surface area contributed by atoms with Crippen LogP contribution in [0.25, 0.3) is 33.6 Å². The van der Waals surface area contributed by atoms with Gasteiger partial charge in [0.15, 0.2) is 10.3 Å². The fourth-order valence-corrected chi connectivity index (χ4v) is 8.95. The monoisotopic (exact) mass is 862 g/mol. The van der Waals surface area contributed by atoms with Crippen LogP contribution in [0, 0.1) is 23.7 Å². The van der Waals surface area contributed by atoms with Gasteiger partial charge in [0.05, 0.1) is 37.7 Å². The summed E-state index contributed by atoms with van der Waals surface area (Å²) in [6.07, 6.45) is 0.0614. The third-order valence-corrected chi connectivity index (χ3v) is 12.9. The average Bonchev–Trinajstić information content (AvgIpc) is 3.97. The quantitative estimate of drug-likeness (QED) is 0.116. The first-order valence-corrected chi connectivity index (χ1v) is 21.3. The molecule has 8 atom stereocenters. The Morgan fingerprint density at radius 1 is 0.617 bits per heavy atom. The summed E-state index contributed by atoms with van der Waals surface area (Å²) in [7, 11) is 2.56. The van der Waals surface area contributed by atoms with E-state index in [1.807, 2.05) is 99.9 Å². The molecule has 2 aromatic heterocycles. The summed E-state index contributed by atoms with van der Waals surface area (Å²) >= 11 is 13.5. The number of hydrogen-bond donors (Lipinski definition) is 4. The van der Waals surface area contributed by atoms with Crippen molar-refractivity contribution in [2.45, 2.75) is 104 Å². The summed E-state index contributed by atoms with van der Waals surface area (Å²) < 4.78 is 9.60. The van der Waals surface area contributed by atoms with Gasteiger partial charge in [-0.3, -0.25) is 9.59 Å². The summed E-state index contributed by atoms with van der Waals surface area (Å²) in [5.74, 6) is 0.847. The molecular formula is C44H56Cl2N8O6. The van der Waals surface area contributed by atoms with Crippen LogP contribution in [0.3, 0.4) is 0 Å². The lowest BCUT2D eigenvalue weighted by Gasteiger charge is -2.33. The molecule has 0 spiro atoms. The van der Waals surface area contributed by atoms with Gasteiger partial charge in [0.2, 0.25) is 11.8 Å². The van der Waals surface area contributed by atoms with Gasteiger partial charge in [-0.15, -0.1) is 0 Å². The number of carbonyl (C=O) groups is 4. The fraction of sp³-hybridized carbons (Fsp3) is 0.500. The summed E-state index contributed by atoms with van der Waals surface area (Å²) in [6.45, 7) is 15.8. The Morgan fingerprint density at radius 2 is 0.933 bits per heavy atom. The summed E-state index contributed by atoms with van der Waals surface area (Å²) in [4.78, 5) is 72.0. The molecule has 2 aliphatic rings. The van der Waals surface area contributed by atoms with Crippen molar-refractivity contribution in [1.29, 1.82) is 0 Å². The van der Waals surface area contributed by atoms with Gasteiger partial charge < -0.3 is 39.9 Å². The van der Waals surface area contributed by atoms with E-state index in [1.165, 1.54) is 14.2 Å². The van der Waals surface area contributed by atoms with Crippen molar-refractivity contribution in [3.63, 3.8) is 0 Å². The van der Waals surface area contributed by atoms with Gasteiger partial charge in [-0.25, -0.2) is 19.6 Å². The molecular weight excluding hydrogens is 807 g/mol. The number of alkyl carbamates (subject to hydrolysis) is 2. The highest BCUT2D eigenvalue weighted by Gasteiger charge is 2.46. The average molecular weight is 864 g/mol. The fourth-order valence-electron chi connectivity index (χ4n) is 8.45. The number of H-pyrrole nitrogens is 2. The van der Waals surface area contributed by atoms with Gasteiger partial charge in [-0.1, -0.05) is 113 Å². The topological polar surface area (TPSA) is 175 Å². The molecule has 4 N–H and O–H groups in total. The van der Waals surface area contributed by atoms with Gasteiger partial charge in [0, 0.05) is 23.2 Å². The highest BCUT2D eigenvalue weighted by atomic mass is 35.5. The normalized spacial score (nSPS) is 22.6. The largest absolute Gasteiger partial charge is 0.453 e. The van der Waals surface area contributed by atoms with E-state index in [4.69, 9.17) is 42.6 Å². The zero-order valence-electron chi connectivity index (χ0n) is 35.8. The van der Waals surface area contributed by atoms with Crippen LogP contribution >= 0.6 is 23.2 Å². The molecule has 0 saturated carbocycles. The Kier molecular flexibility index (Phi) is 13.5. The third kappa shape index (κ3) is 8.86. The van der Waals surface area contributed by atoms with E-state index in [9.17, 15) is 19.2 Å². The first-order chi connectivity index (χ1) is 28.4. The van der Waals surface area contributed by atoms with Crippen LogP contribution in [0.1, 0.15) is 92.0 Å². The van der Waals surface area contributed by atoms with Crippen LogP contribution in [-0.4, -0.2) is 92.1 Å². The molecule has 0 radical (unpaired) electrons. The molecule has 4 amide bonds. The van der Waals surface area contributed by atoms with E-state index in [-0.39, 0.29) is 59.7 Å². The van der Waals surface area contributed by atoms with Crippen molar-refractivity contribution < 1.29 is 28.7 Å². The maximum absolute atomic E-state index is 14.0. The second kappa shape index (κ2) is 18.3. The van der Waals surface area contributed by atoms with Crippen molar-refractivity contribution in [2.75, 3.05) is 14.2 Å². The van der Waals surface area contributed by atoms with Crippen LogP contribution in [-0.2, 0) is 19.1 Å². The van der Waals surface area contributed by atoms with Gasteiger partial charge in [0.25, 0.3) is 0 Å². The third-order valence-electron chi connectivity index (χ3n) is 12.3. The Morgan fingerprint density at radius 3 is 1.23 bits per heavy atom. The molecule has 2 aliphatic heterocycles. The SMILES string of the molecule is COC(=O)N[C@H](C(=O)N1[C@H](c2nc(Cl)c(-c3ccc(-c4ccc(-c5[nH]c([C@@H]6C[C@@H](C)[C@H](C)N6C(=O)[C@@H](NC(=O)OC)C(C)C)nc5Cl)cc4)cc3)[nH]2)C[C@@H](C)[C@@H]1C)C(C)C. The zero-order valence-corrected chi connectivity index (χ0v) is 37.3. The van der Waals surface area contributed by atoms with Crippen LogP contribution in [0.2, 0.25) is 10.3 Å². The lowest BCUT2D eigenvalue weighted by Crippen LogP contribution is -2.53. The number of ether oxygens (including phenoxy) is 2. The second-order valence-electron chi connectivity index (χ2n) is 16.9. The first kappa shape index (κ1) is 44.5. The molecule has 4 aromatic rings. The number of rotatable bonds is 11. The number of nitrogens with zero attached hydrogens (tertiary/aromatic N) is 4. The predicted octanol–water partition coefficient (Wildman–Crippen LogP) is 8.80. The van der Waals surface area contributed by atoms with E-state index >= 15 is 0 Å². The molecule has 0 unspecified atom stereocenters. The Hall–Kier alpha value is -5.08. The lowest BCUT2D eigenvalue weighted by atomic mass is 10.0. The minimum Gasteiger partial charge on any atom is -0.453 e. The van der Waals surface area contributed by atoms with Crippen molar-refractivity contribution in [3.05, 3.63) is 70.5 Å². The predicted molar refractivity (Wildman–Crippen MR) is 231 cm³/mol. The first-order valence-electron chi connectivity index (χ1n) is 20.5. The number of methoxy groups -OCH3 is 2. The standard InChI is InChI=1S/C44H56Cl2N8O6/c1-21(2)33(49-43(57)59-9)41(55)53-25(7)23(5)19-31(53)39-47-35(37(45)51-39)29-15-11-27(12-16-29)28-13-17-30(18-14-28)36-38(46)52-40(48-36)32-20-24(6)26(8)54(32)42(56)34(22(3)4)50-44(58)60-10/h11-18,21-26,31-34H,19-20H2,1-10H3,(H,47,51)(H,48,52)(H,49,57)(H,50,58)/t23-,24-,25+,26+,31+,32+,33+,34+/m1/s1. The smallest absolute Gasteiger partial charge is 0.407 e.